The van der Waals surface area contributed by atoms with Gasteiger partial charge in [-0.05, 0) is 17.7 Å². The number of rotatable bonds is 4. The molecule has 1 aromatic rings. The van der Waals surface area contributed by atoms with Crippen molar-refractivity contribution in [2.75, 3.05) is 6.61 Å². The fraction of sp³-hybridized carbons (Fsp3) is 0.222. The van der Waals surface area contributed by atoms with Gasteiger partial charge in [-0.3, -0.25) is 0 Å². The van der Waals surface area contributed by atoms with Crippen LogP contribution < -0.4 is 0 Å². The van der Waals surface area contributed by atoms with Crippen LogP contribution >= 0.6 is 0 Å². The lowest BCUT2D eigenvalue weighted by atomic mass is 10.2. The maximum Gasteiger partial charge on any atom is 0.329 e. The summed E-state index contributed by atoms with van der Waals surface area (Å²) in [5.74, 6) is -1.01. The topological polar surface area (TPSA) is 83.2 Å². The van der Waals surface area contributed by atoms with Gasteiger partial charge in [0.2, 0.25) is 0 Å². The van der Waals surface area contributed by atoms with E-state index in [0.29, 0.717) is 5.69 Å². The monoisotopic (exact) mass is 192 g/mol. The third kappa shape index (κ3) is 3.21. The Morgan fingerprint density at radius 1 is 1.71 bits per heavy atom. The van der Waals surface area contributed by atoms with Gasteiger partial charge in [-0.25, -0.2) is 9.78 Å². The summed E-state index contributed by atoms with van der Waals surface area (Å²) in [5.41, 5.74) is 1.03. The van der Waals surface area contributed by atoms with Crippen LogP contribution in [0.15, 0.2) is 18.3 Å². The molecule has 0 atom stereocenters. The van der Waals surface area contributed by atoms with Crippen LogP contribution in [0, 0.1) is 11.3 Å². The number of aromatic nitrogens is 1. The minimum absolute atomic E-state index is 0.170. The van der Waals surface area contributed by atoms with E-state index in [4.69, 9.17) is 15.1 Å². The lowest BCUT2D eigenvalue weighted by Gasteiger charge is -2.00. The van der Waals surface area contributed by atoms with Gasteiger partial charge in [-0.2, -0.15) is 5.26 Å². The largest absolute Gasteiger partial charge is 0.480 e. The zero-order chi connectivity index (χ0) is 10.4. The number of aliphatic carboxylic acids is 1. The number of pyridine rings is 1. The average molecular weight is 192 g/mol. The van der Waals surface area contributed by atoms with Gasteiger partial charge in [-0.1, -0.05) is 0 Å². The Labute approximate surface area is 80.6 Å². The summed E-state index contributed by atoms with van der Waals surface area (Å²) >= 11 is 0. The molecule has 5 nitrogen and oxygen atoms in total. The molecular formula is C9H8N2O3. The third-order valence-electron chi connectivity index (χ3n) is 1.43. The van der Waals surface area contributed by atoms with Crippen LogP contribution in [-0.2, 0) is 16.1 Å². The molecule has 0 aliphatic heterocycles. The van der Waals surface area contributed by atoms with Crippen molar-refractivity contribution in [3.63, 3.8) is 0 Å². The maximum absolute atomic E-state index is 10.1. The Kier molecular flexibility index (Phi) is 3.58. The molecule has 0 amide bonds. The molecule has 1 aromatic heterocycles. The highest BCUT2D eigenvalue weighted by molar-refractivity contribution is 5.67. The molecule has 5 heteroatoms. The summed E-state index contributed by atoms with van der Waals surface area (Å²) in [7, 11) is 0. The number of hydrogen-bond acceptors (Lipinski definition) is 4. The molecular weight excluding hydrogens is 184 g/mol. The van der Waals surface area contributed by atoms with E-state index < -0.39 is 5.97 Å². The van der Waals surface area contributed by atoms with E-state index in [-0.39, 0.29) is 13.2 Å². The minimum Gasteiger partial charge on any atom is -0.480 e. The summed E-state index contributed by atoms with van der Waals surface area (Å²) in [4.78, 5) is 13.9. The Balaban J connectivity index is 2.51. The smallest absolute Gasteiger partial charge is 0.329 e. The molecule has 0 spiro atoms. The van der Waals surface area contributed by atoms with Gasteiger partial charge in [0.15, 0.2) is 0 Å². The van der Waals surface area contributed by atoms with Crippen LogP contribution in [0.1, 0.15) is 11.3 Å². The van der Waals surface area contributed by atoms with Gasteiger partial charge >= 0.3 is 5.97 Å². The molecule has 72 valence electrons. The number of carboxylic acid groups (broad SMARTS) is 1. The van der Waals surface area contributed by atoms with Crippen molar-refractivity contribution < 1.29 is 14.6 Å². The zero-order valence-corrected chi connectivity index (χ0v) is 7.30. The molecule has 1 N–H and O–H groups in total. The molecule has 0 radical (unpaired) electrons. The molecule has 1 heterocycles. The highest BCUT2D eigenvalue weighted by Crippen LogP contribution is 2.02. The first-order valence-electron chi connectivity index (χ1n) is 3.87. The predicted octanol–water partition coefficient (Wildman–Crippen LogP) is 0.554. The molecule has 14 heavy (non-hydrogen) atoms. The first-order chi connectivity index (χ1) is 6.72. The summed E-state index contributed by atoms with van der Waals surface area (Å²) in [6.07, 6.45) is 1.48. The van der Waals surface area contributed by atoms with Crippen molar-refractivity contribution in [2.24, 2.45) is 0 Å². The molecule has 0 saturated heterocycles. The molecule has 0 aromatic carbocycles. The Morgan fingerprint density at radius 2 is 2.50 bits per heavy atom. The number of ether oxygens (including phenoxy) is 1. The number of hydrogen-bond donors (Lipinski definition) is 1. The van der Waals surface area contributed by atoms with Crippen molar-refractivity contribution in [3.05, 3.63) is 29.6 Å². The Bertz CT molecular complexity index is 371. The predicted molar refractivity (Wildman–Crippen MR) is 46.2 cm³/mol. The molecule has 0 aliphatic rings. The molecule has 0 bridgehead atoms. The van der Waals surface area contributed by atoms with Crippen molar-refractivity contribution in [3.8, 4) is 6.07 Å². The molecule has 0 aliphatic carbocycles. The molecule has 1 rings (SSSR count). The second-order valence-corrected chi connectivity index (χ2v) is 2.55. The van der Waals surface area contributed by atoms with Crippen LogP contribution in [0.5, 0.6) is 0 Å². The SMILES string of the molecule is N#Cc1cc(COCC(=O)O)ccn1. The van der Waals surface area contributed by atoms with Crippen LogP contribution in [0.4, 0.5) is 0 Å². The average Bonchev–Trinajstić information content (AvgIpc) is 2.18. The fourth-order valence-electron chi connectivity index (χ4n) is 0.881. The summed E-state index contributed by atoms with van der Waals surface area (Å²) in [6.45, 7) is -0.173. The number of nitrogens with zero attached hydrogens (tertiary/aromatic N) is 2. The first-order valence-corrected chi connectivity index (χ1v) is 3.87. The standard InChI is InChI=1S/C9H8N2O3/c10-4-8-3-7(1-2-11-8)5-14-6-9(12)13/h1-3H,5-6H2,(H,12,13). The lowest BCUT2D eigenvalue weighted by molar-refractivity contribution is -0.142. The molecule has 0 fully saturated rings. The second kappa shape index (κ2) is 4.94. The van der Waals surface area contributed by atoms with Gasteiger partial charge in [0.05, 0.1) is 6.61 Å². The van der Waals surface area contributed by atoms with E-state index >= 15 is 0 Å². The number of nitriles is 1. The van der Waals surface area contributed by atoms with Crippen LogP contribution in [-0.4, -0.2) is 22.7 Å². The summed E-state index contributed by atoms with van der Waals surface area (Å²) < 4.78 is 4.84. The summed E-state index contributed by atoms with van der Waals surface area (Å²) in [6, 6.07) is 5.11. The van der Waals surface area contributed by atoms with Crippen molar-refractivity contribution in [2.45, 2.75) is 6.61 Å². The van der Waals surface area contributed by atoms with Gasteiger partial charge in [0, 0.05) is 6.20 Å². The van der Waals surface area contributed by atoms with Crippen LogP contribution in [0.3, 0.4) is 0 Å². The Hall–Kier alpha value is -1.93. The second-order valence-electron chi connectivity index (χ2n) is 2.55. The summed E-state index contributed by atoms with van der Waals surface area (Å²) in [5, 5.41) is 16.8. The van der Waals surface area contributed by atoms with E-state index in [0.717, 1.165) is 5.56 Å². The van der Waals surface area contributed by atoms with E-state index in [9.17, 15) is 4.79 Å². The first kappa shape index (κ1) is 10.2. The third-order valence-corrected chi connectivity index (χ3v) is 1.43. The van der Waals surface area contributed by atoms with Crippen LogP contribution in [0.2, 0.25) is 0 Å². The molecule has 0 unspecified atom stereocenters. The quantitative estimate of drug-likeness (QED) is 0.753. The van der Waals surface area contributed by atoms with E-state index in [1.54, 1.807) is 12.1 Å². The normalized spacial score (nSPS) is 9.36. The van der Waals surface area contributed by atoms with Crippen molar-refractivity contribution in [1.29, 1.82) is 5.26 Å². The van der Waals surface area contributed by atoms with Gasteiger partial charge in [0.25, 0.3) is 0 Å². The number of carbonyl (C=O) groups is 1. The van der Waals surface area contributed by atoms with Crippen LogP contribution in [0.25, 0.3) is 0 Å². The van der Waals surface area contributed by atoms with Crippen molar-refractivity contribution in [1.82, 2.24) is 4.98 Å². The molecule has 0 saturated carbocycles. The number of carboxylic acids is 1. The van der Waals surface area contributed by atoms with Gasteiger partial charge < -0.3 is 9.84 Å². The van der Waals surface area contributed by atoms with E-state index in [1.807, 2.05) is 6.07 Å². The highest BCUT2D eigenvalue weighted by atomic mass is 16.5. The van der Waals surface area contributed by atoms with Gasteiger partial charge in [0.1, 0.15) is 18.4 Å². The minimum atomic E-state index is -1.01. The van der Waals surface area contributed by atoms with E-state index in [2.05, 4.69) is 4.98 Å². The fourth-order valence-corrected chi connectivity index (χ4v) is 0.881. The highest BCUT2D eigenvalue weighted by Gasteiger charge is 1.99. The van der Waals surface area contributed by atoms with Crippen molar-refractivity contribution >= 4 is 5.97 Å². The van der Waals surface area contributed by atoms with E-state index in [1.165, 1.54) is 6.20 Å². The Morgan fingerprint density at radius 3 is 3.14 bits per heavy atom. The zero-order valence-electron chi connectivity index (χ0n) is 7.30. The lowest BCUT2D eigenvalue weighted by Crippen LogP contribution is -2.06. The van der Waals surface area contributed by atoms with Gasteiger partial charge in [-0.15, -0.1) is 0 Å². The maximum atomic E-state index is 10.1.